The summed E-state index contributed by atoms with van der Waals surface area (Å²) < 4.78 is 43.5. The smallest absolute Gasteiger partial charge is 0.257 e. The number of sulfonamides is 1. The van der Waals surface area contributed by atoms with E-state index in [2.05, 4.69) is 10.3 Å². The summed E-state index contributed by atoms with van der Waals surface area (Å²) in [5.74, 6) is 0.603. The number of carbonyl (C=O) groups excluding carboxylic acids is 1. The van der Waals surface area contributed by atoms with Gasteiger partial charge in [-0.1, -0.05) is 11.3 Å². The Labute approximate surface area is 183 Å². The summed E-state index contributed by atoms with van der Waals surface area (Å²) in [7, 11) is -0.590. The average molecular weight is 464 g/mol. The van der Waals surface area contributed by atoms with E-state index in [1.165, 1.54) is 35.9 Å². The molecule has 1 aromatic heterocycles. The number of benzene rings is 2. The number of anilines is 1. The van der Waals surface area contributed by atoms with Gasteiger partial charge in [-0.3, -0.25) is 10.1 Å². The van der Waals surface area contributed by atoms with Crippen molar-refractivity contribution in [1.29, 1.82) is 0 Å². The standard InChI is InChI=1S/C20H21N3O6S2/c1-27-16-6-3-13(11-17(16)28-2)19(24)22-20-21-15-5-4-14(12-18(15)30-20)31(25,26)23-7-9-29-10-8-23/h3-6,11-12H,7-10H2,1-2H3,(H,21,22,24). The summed E-state index contributed by atoms with van der Waals surface area (Å²) in [5, 5.41) is 3.12. The number of rotatable bonds is 6. The Morgan fingerprint density at radius 1 is 1.10 bits per heavy atom. The molecule has 9 nitrogen and oxygen atoms in total. The summed E-state index contributed by atoms with van der Waals surface area (Å²) >= 11 is 1.21. The predicted molar refractivity (Wildman–Crippen MR) is 117 cm³/mol. The van der Waals surface area contributed by atoms with Gasteiger partial charge in [0.25, 0.3) is 5.91 Å². The first-order valence-electron chi connectivity index (χ1n) is 9.44. The monoisotopic (exact) mass is 463 g/mol. The molecule has 1 N–H and O–H groups in total. The quantitative estimate of drug-likeness (QED) is 0.599. The minimum atomic E-state index is -3.61. The van der Waals surface area contributed by atoms with Crippen LogP contribution in [0.1, 0.15) is 10.4 Å². The van der Waals surface area contributed by atoms with Crippen molar-refractivity contribution in [2.75, 3.05) is 45.8 Å². The third-order valence-electron chi connectivity index (χ3n) is 4.83. The first-order valence-corrected chi connectivity index (χ1v) is 11.7. The lowest BCUT2D eigenvalue weighted by atomic mass is 10.2. The Kier molecular flexibility index (Phi) is 6.10. The van der Waals surface area contributed by atoms with E-state index in [1.807, 2.05) is 0 Å². The Bertz CT molecular complexity index is 1220. The molecule has 164 valence electrons. The molecule has 4 rings (SSSR count). The molecule has 31 heavy (non-hydrogen) atoms. The second-order valence-corrected chi connectivity index (χ2v) is 9.66. The number of methoxy groups -OCH3 is 2. The predicted octanol–water partition coefficient (Wildman–Crippen LogP) is 2.59. The van der Waals surface area contributed by atoms with Crippen LogP contribution < -0.4 is 14.8 Å². The zero-order valence-corrected chi connectivity index (χ0v) is 18.6. The third-order valence-corrected chi connectivity index (χ3v) is 7.66. The molecule has 0 bridgehead atoms. The fraction of sp³-hybridized carbons (Fsp3) is 0.300. The van der Waals surface area contributed by atoms with E-state index in [0.29, 0.717) is 58.7 Å². The molecule has 0 atom stereocenters. The highest BCUT2D eigenvalue weighted by Gasteiger charge is 2.26. The van der Waals surface area contributed by atoms with Crippen molar-refractivity contribution >= 4 is 42.6 Å². The van der Waals surface area contributed by atoms with E-state index in [-0.39, 0.29) is 10.8 Å². The number of carbonyl (C=O) groups is 1. The van der Waals surface area contributed by atoms with Gasteiger partial charge in [0.15, 0.2) is 16.6 Å². The van der Waals surface area contributed by atoms with E-state index < -0.39 is 10.0 Å². The summed E-state index contributed by atoms with van der Waals surface area (Å²) in [5.41, 5.74) is 0.987. The molecular formula is C20H21N3O6S2. The lowest BCUT2D eigenvalue weighted by Crippen LogP contribution is -2.40. The minimum absolute atomic E-state index is 0.198. The largest absolute Gasteiger partial charge is 0.493 e. The third kappa shape index (κ3) is 4.35. The van der Waals surface area contributed by atoms with Crippen LogP contribution >= 0.6 is 11.3 Å². The van der Waals surface area contributed by atoms with Gasteiger partial charge in [-0.15, -0.1) is 0 Å². The van der Waals surface area contributed by atoms with Crippen LogP contribution in [0.3, 0.4) is 0 Å². The Balaban J connectivity index is 1.56. The van der Waals surface area contributed by atoms with Crippen molar-refractivity contribution in [2.24, 2.45) is 0 Å². The van der Waals surface area contributed by atoms with Crippen LogP contribution in [0.25, 0.3) is 10.2 Å². The lowest BCUT2D eigenvalue weighted by Gasteiger charge is -2.25. The summed E-state index contributed by atoms with van der Waals surface area (Å²) in [6.07, 6.45) is 0. The van der Waals surface area contributed by atoms with E-state index in [0.717, 1.165) is 0 Å². The van der Waals surface area contributed by atoms with Crippen LogP contribution in [0.5, 0.6) is 11.5 Å². The molecule has 2 aromatic carbocycles. The average Bonchev–Trinajstić information content (AvgIpc) is 3.20. The molecule has 1 aliphatic rings. The van der Waals surface area contributed by atoms with E-state index in [1.54, 1.807) is 30.3 Å². The highest BCUT2D eigenvalue weighted by atomic mass is 32.2. The number of fused-ring (bicyclic) bond motifs is 1. The SMILES string of the molecule is COc1ccc(C(=O)Nc2nc3ccc(S(=O)(=O)N4CCOCC4)cc3s2)cc1OC. The van der Waals surface area contributed by atoms with Crippen molar-refractivity contribution in [2.45, 2.75) is 4.90 Å². The number of nitrogens with zero attached hydrogens (tertiary/aromatic N) is 2. The van der Waals surface area contributed by atoms with Gasteiger partial charge in [-0.25, -0.2) is 13.4 Å². The number of amides is 1. The molecule has 0 aliphatic carbocycles. The van der Waals surface area contributed by atoms with E-state index in [4.69, 9.17) is 14.2 Å². The molecule has 1 amide bonds. The molecular weight excluding hydrogens is 442 g/mol. The van der Waals surface area contributed by atoms with Crippen molar-refractivity contribution in [3.8, 4) is 11.5 Å². The maximum atomic E-state index is 12.9. The Hall–Kier alpha value is -2.73. The van der Waals surface area contributed by atoms with Crippen molar-refractivity contribution < 1.29 is 27.4 Å². The molecule has 0 radical (unpaired) electrons. The zero-order chi connectivity index (χ0) is 22.0. The van der Waals surface area contributed by atoms with Crippen LogP contribution in [0, 0.1) is 0 Å². The Morgan fingerprint density at radius 2 is 1.84 bits per heavy atom. The van der Waals surface area contributed by atoms with E-state index >= 15 is 0 Å². The fourth-order valence-electron chi connectivity index (χ4n) is 3.20. The molecule has 1 aliphatic heterocycles. The van der Waals surface area contributed by atoms with Gasteiger partial charge in [0.1, 0.15) is 0 Å². The number of aromatic nitrogens is 1. The Morgan fingerprint density at radius 3 is 2.55 bits per heavy atom. The minimum Gasteiger partial charge on any atom is -0.493 e. The summed E-state index contributed by atoms with van der Waals surface area (Å²) in [4.78, 5) is 17.2. The highest BCUT2D eigenvalue weighted by molar-refractivity contribution is 7.89. The molecule has 1 saturated heterocycles. The van der Waals surface area contributed by atoms with Crippen molar-refractivity contribution in [3.63, 3.8) is 0 Å². The maximum absolute atomic E-state index is 12.9. The van der Waals surface area contributed by atoms with Crippen LogP contribution in [-0.4, -0.2) is 64.1 Å². The first-order chi connectivity index (χ1) is 14.9. The number of hydrogen-bond acceptors (Lipinski definition) is 8. The van der Waals surface area contributed by atoms with Gasteiger partial charge in [0.05, 0.1) is 42.5 Å². The number of ether oxygens (including phenoxy) is 3. The van der Waals surface area contributed by atoms with Crippen LogP contribution in [-0.2, 0) is 14.8 Å². The van der Waals surface area contributed by atoms with Gasteiger partial charge in [0, 0.05) is 18.7 Å². The van der Waals surface area contributed by atoms with Gasteiger partial charge in [0.2, 0.25) is 10.0 Å². The first kappa shape index (κ1) is 21.5. The van der Waals surface area contributed by atoms with Gasteiger partial charge >= 0.3 is 0 Å². The van der Waals surface area contributed by atoms with Crippen LogP contribution in [0.15, 0.2) is 41.3 Å². The molecule has 2 heterocycles. The fourth-order valence-corrected chi connectivity index (χ4v) is 5.61. The number of hydrogen-bond donors (Lipinski definition) is 1. The second kappa shape index (κ2) is 8.79. The second-order valence-electron chi connectivity index (χ2n) is 6.69. The number of morpholine rings is 1. The number of thiazole rings is 1. The van der Waals surface area contributed by atoms with Gasteiger partial charge in [-0.2, -0.15) is 4.31 Å². The lowest BCUT2D eigenvalue weighted by molar-refractivity contribution is 0.0730. The van der Waals surface area contributed by atoms with Crippen LogP contribution in [0.4, 0.5) is 5.13 Å². The molecule has 11 heteroatoms. The molecule has 1 fully saturated rings. The summed E-state index contributed by atoms with van der Waals surface area (Å²) in [6, 6.07) is 9.61. The molecule has 3 aromatic rings. The molecule has 0 spiro atoms. The number of nitrogens with one attached hydrogen (secondary N) is 1. The van der Waals surface area contributed by atoms with Gasteiger partial charge < -0.3 is 14.2 Å². The van der Waals surface area contributed by atoms with Crippen molar-refractivity contribution in [3.05, 3.63) is 42.0 Å². The van der Waals surface area contributed by atoms with Gasteiger partial charge in [-0.05, 0) is 36.4 Å². The maximum Gasteiger partial charge on any atom is 0.257 e. The highest BCUT2D eigenvalue weighted by Crippen LogP contribution is 2.31. The van der Waals surface area contributed by atoms with E-state index in [9.17, 15) is 13.2 Å². The summed E-state index contributed by atoms with van der Waals surface area (Å²) in [6.45, 7) is 1.42. The van der Waals surface area contributed by atoms with Crippen LogP contribution in [0.2, 0.25) is 0 Å². The van der Waals surface area contributed by atoms with Crippen molar-refractivity contribution in [1.82, 2.24) is 9.29 Å². The molecule has 0 saturated carbocycles. The molecule has 0 unspecified atom stereocenters. The zero-order valence-electron chi connectivity index (χ0n) is 17.0. The topological polar surface area (TPSA) is 107 Å². The normalized spacial score (nSPS) is 15.0.